The zero-order chi connectivity index (χ0) is 16.2. The molecule has 0 atom stereocenters. The van der Waals surface area contributed by atoms with Crippen molar-refractivity contribution >= 4 is 0 Å². The maximum absolute atomic E-state index is 4.59. The van der Waals surface area contributed by atoms with Crippen molar-refractivity contribution in [2.75, 3.05) is 0 Å². The van der Waals surface area contributed by atoms with Gasteiger partial charge in [0.2, 0.25) is 0 Å². The Hall–Kier alpha value is 1.10. The fourth-order valence-corrected chi connectivity index (χ4v) is 2.16. The Morgan fingerprint density at radius 1 is 0.714 bits per heavy atom. The minimum atomic E-state index is 0. The first kappa shape index (κ1) is 27.0. The largest absolute Gasteiger partial charge is 0.337 e. The minimum absolute atomic E-state index is 0. The number of rotatable bonds is 9. The first-order valence-corrected chi connectivity index (χ1v) is 8.76. The van der Waals surface area contributed by atoms with Crippen molar-refractivity contribution in [1.82, 2.24) is 0 Å². The van der Waals surface area contributed by atoms with Gasteiger partial charge in [-0.1, -0.05) is 80.1 Å². The average Bonchev–Trinajstić information content (AvgIpc) is 2.33. The van der Waals surface area contributed by atoms with Gasteiger partial charge in [-0.05, 0) is 17.8 Å². The zero-order valence-electron chi connectivity index (χ0n) is 16.3. The van der Waals surface area contributed by atoms with Gasteiger partial charge < -0.3 is 13.3 Å². The monoisotopic (exact) mass is 371 g/mol. The van der Waals surface area contributed by atoms with Crippen molar-refractivity contribution in [1.29, 1.82) is 0 Å². The summed E-state index contributed by atoms with van der Waals surface area (Å²) in [6.07, 6.45) is 9.93. The Balaban J connectivity index is -0.000000740. The topological polar surface area (TPSA) is 0 Å². The molecule has 0 saturated heterocycles. The van der Waals surface area contributed by atoms with Crippen molar-refractivity contribution in [2.45, 2.75) is 93.9 Å². The summed E-state index contributed by atoms with van der Waals surface area (Å²) in [5, 5.41) is 0. The van der Waals surface area contributed by atoms with Crippen LogP contribution >= 0.6 is 0 Å². The molecule has 21 heavy (non-hydrogen) atoms. The van der Waals surface area contributed by atoms with Crippen LogP contribution in [0.2, 0.25) is 0 Å². The molecular formula is C20H42Y-2. The van der Waals surface area contributed by atoms with Crippen LogP contribution in [0.4, 0.5) is 0 Å². The third-order valence-electron chi connectivity index (χ3n) is 3.76. The van der Waals surface area contributed by atoms with Gasteiger partial charge in [-0.25, -0.2) is 0 Å². The molecule has 0 aliphatic carbocycles. The molecule has 1 heteroatoms. The van der Waals surface area contributed by atoms with Crippen LogP contribution in [0.3, 0.4) is 0 Å². The summed E-state index contributed by atoms with van der Waals surface area (Å²) in [6.45, 7) is 22.5. The van der Waals surface area contributed by atoms with Gasteiger partial charge in [-0.2, -0.15) is 19.3 Å². The molecule has 0 aliphatic heterocycles. The molecule has 0 aromatic carbocycles. The first-order valence-electron chi connectivity index (χ1n) is 8.76. The minimum Gasteiger partial charge on any atom is -0.337 e. The van der Waals surface area contributed by atoms with Crippen LogP contribution in [-0.2, 0) is 32.7 Å². The molecule has 0 rings (SSSR count). The van der Waals surface area contributed by atoms with E-state index in [4.69, 9.17) is 0 Å². The van der Waals surface area contributed by atoms with Crippen LogP contribution in [0, 0.1) is 36.5 Å². The van der Waals surface area contributed by atoms with E-state index < -0.39 is 0 Å². The molecule has 0 bridgehead atoms. The van der Waals surface area contributed by atoms with E-state index in [-0.39, 0.29) is 32.7 Å². The van der Waals surface area contributed by atoms with E-state index in [1.807, 2.05) is 20.3 Å². The van der Waals surface area contributed by atoms with Crippen LogP contribution < -0.4 is 0 Å². The molecule has 0 fully saturated rings. The smallest absolute Gasteiger partial charge is 0 e. The summed E-state index contributed by atoms with van der Waals surface area (Å²) < 4.78 is 0. The van der Waals surface area contributed by atoms with Gasteiger partial charge in [-0.3, -0.25) is 0 Å². The normalized spacial score (nSPS) is 11.4. The van der Waals surface area contributed by atoms with Crippen molar-refractivity contribution in [3.05, 3.63) is 13.3 Å². The quantitative estimate of drug-likeness (QED) is 0.372. The van der Waals surface area contributed by atoms with Gasteiger partial charge in [0.1, 0.15) is 0 Å². The maximum atomic E-state index is 4.59. The molecule has 0 amide bonds. The molecule has 0 N–H and O–H groups in total. The summed E-state index contributed by atoms with van der Waals surface area (Å²) >= 11 is 0. The molecule has 0 nitrogen and oxygen atoms in total. The Labute approximate surface area is 162 Å². The summed E-state index contributed by atoms with van der Waals surface area (Å²) in [4.78, 5) is 0. The van der Waals surface area contributed by atoms with Gasteiger partial charge in [0.25, 0.3) is 0 Å². The Bertz CT molecular complexity index is 163. The van der Waals surface area contributed by atoms with E-state index in [0.717, 1.165) is 17.8 Å². The zero-order valence-corrected chi connectivity index (χ0v) is 19.2. The van der Waals surface area contributed by atoms with Gasteiger partial charge in [0.05, 0.1) is 0 Å². The molecule has 0 spiro atoms. The van der Waals surface area contributed by atoms with E-state index in [2.05, 4.69) is 48.5 Å². The molecule has 0 saturated carbocycles. The standard InChI is InChI=1S/C17H35.C3H7.Y/c1-14(2)8-11-17(7,12-9-15(3)4)13-10-16(5)6;1-3-2;/h14-16H,7-13H2,1-6H3;3H,1-2H3;/q2*-1;. The van der Waals surface area contributed by atoms with E-state index >= 15 is 0 Å². The van der Waals surface area contributed by atoms with Gasteiger partial charge in [0.15, 0.2) is 0 Å². The molecule has 1 radical (unpaired) electrons. The van der Waals surface area contributed by atoms with Crippen LogP contribution in [-0.4, -0.2) is 0 Å². The predicted octanol–water partition coefficient (Wildman–Crippen LogP) is 7.34. The summed E-state index contributed by atoms with van der Waals surface area (Å²) in [6, 6.07) is 0. The second-order valence-electron chi connectivity index (χ2n) is 7.87. The van der Waals surface area contributed by atoms with Crippen LogP contribution in [0.1, 0.15) is 93.9 Å². The molecule has 0 aliphatic rings. The molecular weight excluding hydrogens is 329 g/mol. The van der Waals surface area contributed by atoms with Crippen molar-refractivity contribution < 1.29 is 32.7 Å². The predicted molar refractivity (Wildman–Crippen MR) is 95.7 cm³/mol. The fraction of sp³-hybridized carbons (Fsp3) is 0.900. The number of hydrogen-bond acceptors (Lipinski definition) is 0. The van der Waals surface area contributed by atoms with E-state index in [1.165, 1.54) is 38.5 Å². The average molecular weight is 371 g/mol. The molecule has 127 valence electrons. The molecule has 0 heterocycles. The summed E-state index contributed by atoms with van der Waals surface area (Å²) in [7, 11) is 0. The van der Waals surface area contributed by atoms with Crippen molar-refractivity contribution in [2.24, 2.45) is 23.2 Å². The molecule has 0 aromatic rings. The van der Waals surface area contributed by atoms with Gasteiger partial charge in [0, 0.05) is 32.7 Å². The van der Waals surface area contributed by atoms with Crippen molar-refractivity contribution in [3.63, 3.8) is 0 Å². The van der Waals surface area contributed by atoms with Crippen molar-refractivity contribution in [3.8, 4) is 0 Å². The Morgan fingerprint density at radius 3 is 1.05 bits per heavy atom. The van der Waals surface area contributed by atoms with Gasteiger partial charge >= 0.3 is 0 Å². The van der Waals surface area contributed by atoms with Gasteiger partial charge in [-0.15, -0.1) is 0 Å². The van der Waals surface area contributed by atoms with E-state index in [9.17, 15) is 0 Å². The Morgan fingerprint density at radius 2 is 0.905 bits per heavy atom. The SMILES string of the molecule is C[CH-]C.[CH2-]C(CCC(C)C)(CCC(C)C)CCC(C)C.[Y]. The first-order chi connectivity index (χ1) is 9.16. The van der Waals surface area contributed by atoms with Crippen LogP contribution in [0.5, 0.6) is 0 Å². The fourth-order valence-electron chi connectivity index (χ4n) is 2.16. The Kier molecular flexibility index (Phi) is 20.5. The van der Waals surface area contributed by atoms with E-state index in [0.29, 0.717) is 5.41 Å². The van der Waals surface area contributed by atoms with Crippen LogP contribution in [0.15, 0.2) is 0 Å². The third kappa shape index (κ3) is 21.1. The second-order valence-corrected chi connectivity index (χ2v) is 7.87. The van der Waals surface area contributed by atoms with E-state index in [1.54, 1.807) is 0 Å². The molecule has 0 aromatic heterocycles. The van der Waals surface area contributed by atoms with Crippen LogP contribution in [0.25, 0.3) is 0 Å². The summed E-state index contributed by atoms with van der Waals surface area (Å²) in [5.74, 6) is 2.44. The maximum Gasteiger partial charge on any atom is 0 e. The third-order valence-corrected chi connectivity index (χ3v) is 3.76. The number of hydrogen-bond donors (Lipinski definition) is 0. The second kappa shape index (κ2) is 16.0. The summed E-state index contributed by atoms with van der Waals surface area (Å²) in [5.41, 5.74) is 0.346. The molecule has 0 unspecified atom stereocenters.